The fourth-order valence-corrected chi connectivity index (χ4v) is 7.13. The molecular weight excluding hydrogens is 572 g/mol. The third-order valence-corrected chi connectivity index (χ3v) is 9.30. The topological polar surface area (TPSA) is 96.3 Å². The molecule has 0 radical (unpaired) electrons. The summed E-state index contributed by atoms with van der Waals surface area (Å²) in [5.41, 5.74) is 1.01. The lowest BCUT2D eigenvalue weighted by atomic mass is 10.1. The molecule has 1 amide bonds. The monoisotopic (exact) mass is 601 g/mol. The lowest BCUT2D eigenvalue weighted by Crippen LogP contribution is -2.49. The Labute approximate surface area is 250 Å². The van der Waals surface area contributed by atoms with Crippen LogP contribution < -0.4 is 15.9 Å². The Hall–Kier alpha value is -4.32. The number of hydrogen-bond donors (Lipinski definition) is 1. The number of pyridine rings is 2. The fourth-order valence-electron chi connectivity index (χ4n) is 6.22. The van der Waals surface area contributed by atoms with Crippen LogP contribution in [0.4, 0.5) is 20.3 Å². The minimum Gasteiger partial charge on any atom is -0.384 e. The Bertz CT molecular complexity index is 1880. The van der Waals surface area contributed by atoms with Crippen molar-refractivity contribution in [2.45, 2.75) is 43.2 Å². The van der Waals surface area contributed by atoms with E-state index in [9.17, 15) is 9.59 Å². The van der Waals surface area contributed by atoms with Gasteiger partial charge in [-0.3, -0.25) is 9.78 Å². The molecule has 1 aromatic carbocycles. The van der Waals surface area contributed by atoms with Crippen LogP contribution in [-0.4, -0.2) is 67.8 Å². The molecule has 1 saturated heterocycles. The molecule has 12 heteroatoms. The Morgan fingerprint density at radius 3 is 2.79 bits per heavy atom. The number of fused-ring (bicyclic) bond motifs is 6. The Morgan fingerprint density at radius 1 is 1.16 bits per heavy atom. The summed E-state index contributed by atoms with van der Waals surface area (Å²) < 4.78 is 32.9. The molecule has 2 aliphatic heterocycles. The van der Waals surface area contributed by atoms with Gasteiger partial charge in [0.15, 0.2) is 11.5 Å². The molecule has 220 valence electrons. The van der Waals surface area contributed by atoms with Crippen molar-refractivity contribution in [2.24, 2.45) is 0 Å². The molecule has 2 fully saturated rings. The van der Waals surface area contributed by atoms with Gasteiger partial charge in [0.1, 0.15) is 17.3 Å². The number of nitrogens with zero attached hydrogens (tertiary/aromatic N) is 6. The lowest BCUT2D eigenvalue weighted by Gasteiger charge is -2.35. The highest BCUT2D eigenvalue weighted by molar-refractivity contribution is 7.99. The van der Waals surface area contributed by atoms with Crippen molar-refractivity contribution in [1.29, 1.82) is 0 Å². The quantitative estimate of drug-likeness (QED) is 0.337. The first-order valence-electron chi connectivity index (χ1n) is 14.3. The number of rotatable bonds is 3. The Balaban J connectivity index is 1.53. The number of hydrogen-bond acceptors (Lipinski definition) is 8. The zero-order chi connectivity index (χ0) is 30.0. The van der Waals surface area contributed by atoms with Crippen LogP contribution >= 0.6 is 11.8 Å². The highest BCUT2D eigenvalue weighted by atomic mass is 32.2. The number of halogens is 2. The second-order valence-electron chi connectivity index (χ2n) is 11.2. The van der Waals surface area contributed by atoms with Gasteiger partial charge in [-0.25, -0.2) is 23.1 Å². The maximum atomic E-state index is 16.1. The Kier molecular flexibility index (Phi) is 6.68. The van der Waals surface area contributed by atoms with Crippen molar-refractivity contribution >= 4 is 40.2 Å². The molecule has 7 rings (SSSR count). The maximum absolute atomic E-state index is 16.1. The highest BCUT2D eigenvalue weighted by Crippen LogP contribution is 2.42. The van der Waals surface area contributed by atoms with Gasteiger partial charge in [0.05, 0.1) is 34.4 Å². The summed E-state index contributed by atoms with van der Waals surface area (Å²) in [6.45, 7) is 8.86. The fraction of sp³-hybridized carbons (Fsp3) is 0.323. The molecule has 0 unspecified atom stereocenters. The summed E-state index contributed by atoms with van der Waals surface area (Å²) in [5, 5.41) is 3.57. The van der Waals surface area contributed by atoms with E-state index in [-0.39, 0.29) is 40.8 Å². The van der Waals surface area contributed by atoms with E-state index in [1.807, 2.05) is 24.8 Å². The first-order valence-corrected chi connectivity index (χ1v) is 15.2. The van der Waals surface area contributed by atoms with Crippen LogP contribution in [0.15, 0.2) is 58.9 Å². The van der Waals surface area contributed by atoms with Crippen molar-refractivity contribution in [3.05, 3.63) is 77.0 Å². The van der Waals surface area contributed by atoms with Crippen molar-refractivity contribution < 1.29 is 13.6 Å². The van der Waals surface area contributed by atoms with E-state index in [0.29, 0.717) is 60.1 Å². The summed E-state index contributed by atoms with van der Waals surface area (Å²) in [6, 6.07) is 7.56. The molecular formula is C31H29F2N7O2S. The SMILES string of the molecule is C=CC(=O)N1CCN(c2nc(=O)n3c4nc(c(F)cc24)-c2c(F)cccc2NCCSc2ccnc(C(C)C)c2-3)[C@H]2C[C@H]21. The predicted octanol–water partition coefficient (Wildman–Crippen LogP) is 4.74. The zero-order valence-electron chi connectivity index (χ0n) is 23.7. The first-order chi connectivity index (χ1) is 20.8. The highest BCUT2D eigenvalue weighted by Gasteiger charge is 2.51. The molecule has 2 atom stereocenters. The molecule has 5 heterocycles. The summed E-state index contributed by atoms with van der Waals surface area (Å²) in [5.74, 6) is -0.661. The molecule has 4 aromatic rings. The third kappa shape index (κ3) is 4.46. The molecule has 3 aliphatic rings. The molecule has 9 nitrogen and oxygen atoms in total. The van der Waals surface area contributed by atoms with E-state index in [2.05, 4.69) is 21.9 Å². The van der Waals surface area contributed by atoms with Crippen molar-refractivity contribution in [3.63, 3.8) is 0 Å². The van der Waals surface area contributed by atoms with E-state index in [4.69, 9.17) is 4.98 Å². The summed E-state index contributed by atoms with van der Waals surface area (Å²) in [6.07, 6.45) is 3.72. The second-order valence-corrected chi connectivity index (χ2v) is 12.3. The van der Waals surface area contributed by atoms with Crippen LogP contribution in [0.5, 0.6) is 0 Å². The Morgan fingerprint density at radius 2 is 2.00 bits per heavy atom. The number of benzene rings is 1. The number of carbonyl (C=O) groups is 1. The third-order valence-electron chi connectivity index (χ3n) is 8.25. The number of carbonyl (C=O) groups excluding carboxylic acids is 1. The van der Waals surface area contributed by atoms with Gasteiger partial charge in [-0.2, -0.15) is 4.98 Å². The average molecular weight is 602 g/mol. The number of thioether (sulfide) groups is 1. The summed E-state index contributed by atoms with van der Waals surface area (Å²) in [4.78, 5) is 45.0. The number of amides is 1. The minimum atomic E-state index is -0.733. The largest absolute Gasteiger partial charge is 0.384 e. The van der Waals surface area contributed by atoms with Crippen molar-refractivity contribution in [2.75, 3.05) is 35.6 Å². The average Bonchev–Trinajstić information content (AvgIpc) is 3.79. The van der Waals surface area contributed by atoms with Gasteiger partial charge >= 0.3 is 5.69 Å². The maximum Gasteiger partial charge on any atom is 0.355 e. The molecule has 3 aromatic heterocycles. The van der Waals surface area contributed by atoms with Gasteiger partial charge in [-0.05, 0) is 42.7 Å². The van der Waals surface area contributed by atoms with Crippen LogP contribution in [0, 0.1) is 11.6 Å². The molecule has 1 aliphatic carbocycles. The van der Waals surface area contributed by atoms with E-state index >= 15 is 8.78 Å². The van der Waals surface area contributed by atoms with Gasteiger partial charge < -0.3 is 15.1 Å². The van der Waals surface area contributed by atoms with Gasteiger partial charge in [-0.1, -0.05) is 26.5 Å². The predicted molar refractivity (Wildman–Crippen MR) is 163 cm³/mol. The molecule has 0 spiro atoms. The van der Waals surface area contributed by atoms with Crippen LogP contribution in [0.3, 0.4) is 0 Å². The summed E-state index contributed by atoms with van der Waals surface area (Å²) >= 11 is 1.54. The molecule has 1 N–H and O–H groups in total. The van der Waals surface area contributed by atoms with Gasteiger partial charge in [0, 0.05) is 42.2 Å². The van der Waals surface area contributed by atoms with Crippen LogP contribution in [0.2, 0.25) is 0 Å². The summed E-state index contributed by atoms with van der Waals surface area (Å²) in [7, 11) is 0. The second kappa shape index (κ2) is 10.4. The van der Waals surface area contributed by atoms with E-state index in [0.717, 1.165) is 4.90 Å². The van der Waals surface area contributed by atoms with Gasteiger partial charge in [-0.15, -0.1) is 11.8 Å². The van der Waals surface area contributed by atoms with Gasteiger partial charge in [0.2, 0.25) is 5.91 Å². The normalized spacial score (nSPS) is 19.2. The van der Waals surface area contributed by atoms with E-state index < -0.39 is 17.3 Å². The number of anilines is 2. The number of piperazine rings is 1. The van der Waals surface area contributed by atoms with Crippen molar-refractivity contribution in [1.82, 2.24) is 24.4 Å². The minimum absolute atomic E-state index is 0.000799. The van der Waals surface area contributed by atoms with Crippen molar-refractivity contribution in [3.8, 4) is 16.9 Å². The number of aromatic nitrogens is 4. The van der Waals surface area contributed by atoms with Gasteiger partial charge in [0.25, 0.3) is 0 Å². The molecule has 1 saturated carbocycles. The lowest BCUT2D eigenvalue weighted by molar-refractivity contribution is -0.126. The van der Waals surface area contributed by atoms with Crippen LogP contribution in [0.1, 0.15) is 31.9 Å². The zero-order valence-corrected chi connectivity index (χ0v) is 24.5. The van der Waals surface area contributed by atoms with Crippen LogP contribution in [-0.2, 0) is 4.79 Å². The first kappa shape index (κ1) is 27.5. The smallest absolute Gasteiger partial charge is 0.355 e. The number of nitrogens with one attached hydrogen (secondary N) is 1. The van der Waals surface area contributed by atoms with Crippen LogP contribution in [0.25, 0.3) is 28.0 Å². The van der Waals surface area contributed by atoms with E-state index in [1.54, 1.807) is 23.2 Å². The molecule has 43 heavy (non-hydrogen) atoms. The van der Waals surface area contributed by atoms with E-state index in [1.165, 1.54) is 34.5 Å². The molecule has 2 bridgehead atoms. The standard InChI is InChI=1S/C31H29F2N7O2S/c1-4-24(41)38-11-12-39(22-15-21(22)38)29-17-14-19(33)27-25-18(32)6-5-7-20(25)34-10-13-43-23-8-9-35-26(16(2)3)28(23)40(30(17)36-27)31(42)37-29/h4-9,14,16,21-22,34H,1,10-13,15H2,2-3H3/t21-,22+/m1/s1.